The zero-order valence-electron chi connectivity index (χ0n) is 10.7. The predicted molar refractivity (Wildman–Crippen MR) is 70.4 cm³/mol. The van der Waals surface area contributed by atoms with Crippen molar-refractivity contribution in [2.45, 2.75) is 20.3 Å². The van der Waals surface area contributed by atoms with Gasteiger partial charge in [-0.1, -0.05) is 25.1 Å². The molecule has 0 aliphatic carbocycles. The van der Waals surface area contributed by atoms with Crippen LogP contribution < -0.4 is 4.31 Å². The summed E-state index contributed by atoms with van der Waals surface area (Å²) < 4.78 is 24.4. The van der Waals surface area contributed by atoms with Crippen molar-refractivity contribution in [2.24, 2.45) is 0 Å². The lowest BCUT2D eigenvalue weighted by molar-refractivity contribution is -0.135. The lowest BCUT2D eigenvalue weighted by Gasteiger charge is -2.24. The van der Waals surface area contributed by atoms with Crippen molar-refractivity contribution >= 4 is 21.7 Å². The van der Waals surface area contributed by atoms with Crippen molar-refractivity contribution in [1.82, 2.24) is 0 Å². The first kappa shape index (κ1) is 14.5. The predicted octanol–water partition coefficient (Wildman–Crippen LogP) is 1.41. The number of benzene rings is 1. The Kier molecular flexibility index (Phi) is 4.34. The van der Waals surface area contributed by atoms with E-state index >= 15 is 0 Å². The van der Waals surface area contributed by atoms with Gasteiger partial charge in [0.15, 0.2) is 0 Å². The van der Waals surface area contributed by atoms with E-state index in [1.165, 1.54) is 0 Å². The largest absolute Gasteiger partial charge is 0.480 e. The second kappa shape index (κ2) is 5.39. The summed E-state index contributed by atoms with van der Waals surface area (Å²) in [5.41, 5.74) is 2.05. The molecule has 6 heteroatoms. The van der Waals surface area contributed by atoms with Gasteiger partial charge in [-0.3, -0.25) is 9.10 Å². The molecule has 0 atom stereocenters. The van der Waals surface area contributed by atoms with Crippen LogP contribution in [0, 0.1) is 6.92 Å². The highest BCUT2D eigenvalue weighted by molar-refractivity contribution is 7.92. The highest BCUT2D eigenvalue weighted by Gasteiger charge is 2.23. The molecule has 0 fully saturated rings. The molecule has 1 aromatic rings. The molecular formula is C12H17NO4S. The molecule has 1 rings (SSSR count). The number of anilines is 1. The van der Waals surface area contributed by atoms with Gasteiger partial charge < -0.3 is 5.11 Å². The number of sulfonamides is 1. The third kappa shape index (κ3) is 3.22. The number of nitrogens with zero attached hydrogens (tertiary/aromatic N) is 1. The molecule has 0 bridgehead atoms. The lowest BCUT2D eigenvalue weighted by Crippen LogP contribution is -2.36. The topological polar surface area (TPSA) is 74.7 Å². The van der Waals surface area contributed by atoms with E-state index in [0.717, 1.165) is 21.7 Å². The Morgan fingerprint density at radius 1 is 1.39 bits per heavy atom. The van der Waals surface area contributed by atoms with Gasteiger partial charge in [-0.05, 0) is 24.5 Å². The van der Waals surface area contributed by atoms with Crippen LogP contribution in [0.1, 0.15) is 18.1 Å². The second-order valence-electron chi connectivity index (χ2n) is 4.10. The molecular weight excluding hydrogens is 254 g/mol. The maximum atomic E-state index is 11.8. The summed E-state index contributed by atoms with van der Waals surface area (Å²) in [7, 11) is -3.62. The van der Waals surface area contributed by atoms with Crippen LogP contribution in [0.2, 0.25) is 0 Å². The third-order valence-electron chi connectivity index (χ3n) is 2.63. The van der Waals surface area contributed by atoms with Gasteiger partial charge in [-0.15, -0.1) is 0 Å². The maximum absolute atomic E-state index is 11.8. The normalized spacial score (nSPS) is 11.3. The van der Waals surface area contributed by atoms with Crippen molar-refractivity contribution in [3.05, 3.63) is 29.3 Å². The third-order valence-corrected chi connectivity index (χ3v) is 3.74. The fourth-order valence-electron chi connectivity index (χ4n) is 1.85. The molecule has 0 unspecified atom stereocenters. The van der Waals surface area contributed by atoms with Gasteiger partial charge in [0, 0.05) is 0 Å². The summed E-state index contributed by atoms with van der Waals surface area (Å²) in [6.45, 7) is 3.12. The number of rotatable bonds is 5. The number of carboxylic acid groups (broad SMARTS) is 1. The Labute approximate surface area is 107 Å². The first-order valence-corrected chi connectivity index (χ1v) is 7.40. The summed E-state index contributed by atoms with van der Waals surface area (Å²) in [6.07, 6.45) is 1.66. The Hall–Kier alpha value is -1.56. The number of hydrogen-bond donors (Lipinski definition) is 1. The van der Waals surface area contributed by atoms with Gasteiger partial charge in [0.25, 0.3) is 0 Å². The van der Waals surface area contributed by atoms with Crippen molar-refractivity contribution in [2.75, 3.05) is 17.1 Å². The number of aryl methyl sites for hydroxylation is 2. The van der Waals surface area contributed by atoms with Crippen LogP contribution in [0.25, 0.3) is 0 Å². The molecule has 18 heavy (non-hydrogen) atoms. The summed E-state index contributed by atoms with van der Waals surface area (Å²) in [5, 5.41) is 8.86. The van der Waals surface area contributed by atoms with Gasteiger partial charge in [-0.2, -0.15) is 0 Å². The van der Waals surface area contributed by atoms with E-state index < -0.39 is 22.5 Å². The average molecular weight is 271 g/mol. The first-order chi connectivity index (χ1) is 8.27. The Morgan fingerprint density at radius 2 is 2.00 bits per heavy atom. The number of aliphatic carboxylic acids is 1. The number of para-hydroxylation sites is 1. The van der Waals surface area contributed by atoms with E-state index in [1.54, 1.807) is 13.0 Å². The molecule has 0 aliphatic heterocycles. The standard InChI is InChI=1S/C12H17NO4S/c1-4-10-7-5-6-9(2)12(10)13(8-11(14)15)18(3,16)17/h5-7H,4,8H2,1-3H3,(H,14,15). The molecule has 0 aromatic heterocycles. The summed E-state index contributed by atoms with van der Waals surface area (Å²) in [5.74, 6) is -1.18. The number of carboxylic acids is 1. The fourth-order valence-corrected chi connectivity index (χ4v) is 2.78. The zero-order chi connectivity index (χ0) is 13.9. The molecule has 0 saturated heterocycles. The van der Waals surface area contributed by atoms with E-state index in [1.807, 2.05) is 19.1 Å². The molecule has 0 amide bonds. The molecule has 0 radical (unpaired) electrons. The Bertz CT molecular complexity index is 551. The van der Waals surface area contributed by atoms with Crippen LogP contribution in [0.5, 0.6) is 0 Å². The van der Waals surface area contributed by atoms with E-state index in [9.17, 15) is 13.2 Å². The minimum Gasteiger partial charge on any atom is -0.480 e. The summed E-state index contributed by atoms with van der Waals surface area (Å²) >= 11 is 0. The van der Waals surface area contributed by atoms with Gasteiger partial charge in [0.1, 0.15) is 6.54 Å². The van der Waals surface area contributed by atoms with Crippen LogP contribution in [0.4, 0.5) is 5.69 Å². The molecule has 1 aromatic carbocycles. The first-order valence-electron chi connectivity index (χ1n) is 5.55. The van der Waals surface area contributed by atoms with Gasteiger partial charge in [0.05, 0.1) is 11.9 Å². The second-order valence-corrected chi connectivity index (χ2v) is 6.01. The highest BCUT2D eigenvalue weighted by atomic mass is 32.2. The van der Waals surface area contributed by atoms with Crippen LogP contribution in [-0.4, -0.2) is 32.3 Å². The lowest BCUT2D eigenvalue weighted by atomic mass is 10.1. The average Bonchev–Trinajstić information content (AvgIpc) is 2.24. The molecule has 0 spiro atoms. The van der Waals surface area contributed by atoms with Crippen LogP contribution in [0.3, 0.4) is 0 Å². The smallest absolute Gasteiger partial charge is 0.324 e. The summed E-state index contributed by atoms with van der Waals surface area (Å²) in [6, 6.07) is 5.41. The zero-order valence-corrected chi connectivity index (χ0v) is 11.5. The molecule has 5 nitrogen and oxygen atoms in total. The number of hydrogen-bond acceptors (Lipinski definition) is 3. The minimum atomic E-state index is -3.62. The van der Waals surface area contributed by atoms with Crippen molar-refractivity contribution in [3.8, 4) is 0 Å². The van der Waals surface area contributed by atoms with E-state index in [-0.39, 0.29) is 0 Å². The van der Waals surface area contributed by atoms with E-state index in [4.69, 9.17) is 5.11 Å². The van der Waals surface area contributed by atoms with Gasteiger partial charge in [-0.25, -0.2) is 8.42 Å². The molecule has 0 heterocycles. The Balaban J connectivity index is 3.42. The van der Waals surface area contributed by atoms with Gasteiger partial charge >= 0.3 is 5.97 Å². The van der Waals surface area contributed by atoms with Crippen LogP contribution >= 0.6 is 0 Å². The maximum Gasteiger partial charge on any atom is 0.324 e. The van der Waals surface area contributed by atoms with E-state index in [0.29, 0.717) is 12.1 Å². The SMILES string of the molecule is CCc1cccc(C)c1N(CC(=O)O)S(C)(=O)=O. The minimum absolute atomic E-state index is 0.477. The molecule has 1 N–H and O–H groups in total. The van der Waals surface area contributed by atoms with Crippen molar-refractivity contribution in [3.63, 3.8) is 0 Å². The molecule has 0 saturated carbocycles. The van der Waals surface area contributed by atoms with Crippen LogP contribution in [-0.2, 0) is 21.2 Å². The molecule has 0 aliphatic rings. The highest BCUT2D eigenvalue weighted by Crippen LogP contribution is 2.27. The van der Waals surface area contributed by atoms with Crippen molar-refractivity contribution in [1.29, 1.82) is 0 Å². The van der Waals surface area contributed by atoms with Crippen molar-refractivity contribution < 1.29 is 18.3 Å². The van der Waals surface area contributed by atoms with E-state index in [2.05, 4.69) is 0 Å². The summed E-state index contributed by atoms with van der Waals surface area (Å²) in [4.78, 5) is 10.8. The van der Waals surface area contributed by atoms with Crippen LogP contribution in [0.15, 0.2) is 18.2 Å². The fraction of sp³-hybridized carbons (Fsp3) is 0.417. The number of carbonyl (C=O) groups is 1. The molecule has 100 valence electrons. The van der Waals surface area contributed by atoms with Gasteiger partial charge in [0.2, 0.25) is 10.0 Å². The monoisotopic (exact) mass is 271 g/mol. The quantitative estimate of drug-likeness (QED) is 0.878. The Morgan fingerprint density at radius 3 is 2.44 bits per heavy atom.